The smallest absolute Gasteiger partial charge is 0.338 e. The van der Waals surface area contributed by atoms with Crippen LogP contribution in [0.5, 0.6) is 0 Å². The Morgan fingerprint density at radius 3 is 1.16 bits per heavy atom. The van der Waals surface area contributed by atoms with Gasteiger partial charge in [-0.25, -0.2) is 9.59 Å². The quantitative estimate of drug-likeness (QED) is 0.139. The second kappa shape index (κ2) is 17.4. The molecule has 0 radical (unpaired) electrons. The number of hydrogen-bond acceptors (Lipinski definition) is 8. The van der Waals surface area contributed by atoms with Crippen LogP contribution in [-0.2, 0) is 38.0 Å². The number of esters is 2. The van der Waals surface area contributed by atoms with Gasteiger partial charge >= 0.3 is 23.8 Å². The minimum atomic E-state index is -1.04. The average Bonchev–Trinajstić information content (AvgIpc) is 2.70. The van der Waals surface area contributed by atoms with Gasteiger partial charge in [0.05, 0.1) is 26.4 Å². The summed E-state index contributed by atoms with van der Waals surface area (Å²) >= 11 is 0. The lowest BCUT2D eigenvalue weighted by molar-refractivity contribution is -0.143. The third-order valence-electron chi connectivity index (χ3n) is 3.57. The van der Waals surface area contributed by atoms with Crippen LogP contribution in [0.1, 0.15) is 27.7 Å². The van der Waals surface area contributed by atoms with E-state index in [4.69, 9.17) is 28.4 Å². The van der Waals surface area contributed by atoms with Crippen LogP contribution in [0.3, 0.4) is 0 Å². The molecule has 0 atom stereocenters. The first-order valence-electron chi connectivity index (χ1n) is 11.3. The first kappa shape index (κ1) is 29.8. The average molecular weight is 489 g/mol. The zero-order chi connectivity index (χ0) is 24.5. The normalized spacial score (nSPS) is 12.9. The molecule has 0 saturated carbocycles. The minimum absolute atomic E-state index is 0.0361. The van der Waals surface area contributed by atoms with Gasteiger partial charge in [-0.2, -0.15) is 0 Å². The van der Waals surface area contributed by atoms with Gasteiger partial charge in [-0.15, -0.1) is 0 Å². The van der Waals surface area contributed by atoms with Crippen molar-refractivity contribution in [3.63, 3.8) is 0 Å². The monoisotopic (exact) mass is 488 g/mol. The van der Waals surface area contributed by atoms with Crippen LogP contribution in [0.15, 0.2) is 35.6 Å². The maximum Gasteiger partial charge on any atom is 0.338 e. The molecular formula is C22H40O8Si2. The summed E-state index contributed by atoms with van der Waals surface area (Å²) in [5.74, 6) is -0.436. The Balaban J connectivity index is 5.42. The van der Waals surface area contributed by atoms with Crippen molar-refractivity contribution in [3.05, 3.63) is 35.6 Å². The van der Waals surface area contributed by atoms with Crippen LogP contribution in [0.25, 0.3) is 0 Å². The molecule has 184 valence electrons. The minimum Gasteiger partial charge on any atom is -0.491 e. The summed E-state index contributed by atoms with van der Waals surface area (Å²) in [5.41, 5.74) is 0. The lowest BCUT2D eigenvalue weighted by Gasteiger charge is -2.16. The molecule has 0 heterocycles. The SMILES string of the molecule is CCO/C(C[SiH](C)C)=C(\OCC)OC(=O)/C=C\C(=O)O/C(OCC)=C(\C[SiH](C)C)OCC. The molecular weight excluding hydrogens is 448 g/mol. The van der Waals surface area contributed by atoms with Crippen LogP contribution in [0.4, 0.5) is 0 Å². The second-order valence-corrected chi connectivity index (χ2v) is 13.9. The first-order valence-corrected chi connectivity index (χ1v) is 17.5. The predicted molar refractivity (Wildman–Crippen MR) is 129 cm³/mol. The van der Waals surface area contributed by atoms with E-state index in [9.17, 15) is 9.59 Å². The summed E-state index contributed by atoms with van der Waals surface area (Å²) < 4.78 is 32.8. The van der Waals surface area contributed by atoms with Gasteiger partial charge in [0, 0.05) is 41.8 Å². The van der Waals surface area contributed by atoms with Crippen molar-refractivity contribution in [2.24, 2.45) is 0 Å². The largest absolute Gasteiger partial charge is 0.491 e. The molecule has 0 bridgehead atoms. The molecule has 0 fully saturated rings. The van der Waals surface area contributed by atoms with Crippen LogP contribution in [0, 0.1) is 0 Å². The van der Waals surface area contributed by atoms with Crippen LogP contribution in [-0.4, -0.2) is 56.0 Å². The van der Waals surface area contributed by atoms with E-state index < -0.39 is 29.5 Å². The van der Waals surface area contributed by atoms with Gasteiger partial charge in [0.15, 0.2) is 11.5 Å². The molecule has 0 aromatic rings. The third-order valence-corrected chi connectivity index (χ3v) is 5.95. The fourth-order valence-electron chi connectivity index (χ4n) is 2.48. The van der Waals surface area contributed by atoms with Crippen molar-refractivity contribution >= 4 is 29.5 Å². The van der Waals surface area contributed by atoms with Gasteiger partial charge in [-0.05, 0) is 27.7 Å². The van der Waals surface area contributed by atoms with Gasteiger partial charge in [0.25, 0.3) is 0 Å². The van der Waals surface area contributed by atoms with Crippen LogP contribution in [0.2, 0.25) is 38.3 Å². The number of ether oxygens (including phenoxy) is 6. The molecule has 0 aromatic heterocycles. The number of allylic oxidation sites excluding steroid dienone is 2. The van der Waals surface area contributed by atoms with E-state index in [0.29, 0.717) is 50.0 Å². The molecule has 10 heteroatoms. The summed E-state index contributed by atoms with van der Waals surface area (Å²) in [4.78, 5) is 24.6. The van der Waals surface area contributed by atoms with Gasteiger partial charge in [-0.3, -0.25) is 0 Å². The van der Waals surface area contributed by atoms with Crippen molar-refractivity contribution in [2.75, 3.05) is 26.4 Å². The van der Waals surface area contributed by atoms with E-state index in [-0.39, 0.29) is 11.9 Å². The van der Waals surface area contributed by atoms with E-state index in [0.717, 1.165) is 12.2 Å². The highest BCUT2D eigenvalue weighted by atomic mass is 28.3. The fourth-order valence-corrected chi connectivity index (χ4v) is 4.53. The number of carbonyl (C=O) groups is 2. The summed E-state index contributed by atoms with van der Waals surface area (Å²) in [7, 11) is -2.09. The summed E-state index contributed by atoms with van der Waals surface area (Å²) in [5, 5.41) is 0. The van der Waals surface area contributed by atoms with E-state index in [1.54, 1.807) is 13.8 Å². The molecule has 32 heavy (non-hydrogen) atoms. The van der Waals surface area contributed by atoms with Gasteiger partial charge in [-0.1, -0.05) is 26.2 Å². The zero-order valence-corrected chi connectivity index (χ0v) is 23.1. The highest BCUT2D eigenvalue weighted by Gasteiger charge is 2.19. The maximum atomic E-state index is 12.3. The molecule has 0 aliphatic rings. The third kappa shape index (κ3) is 13.3. The number of carbonyl (C=O) groups excluding carboxylic acids is 2. The van der Waals surface area contributed by atoms with Crippen molar-refractivity contribution in [2.45, 2.75) is 66.0 Å². The molecule has 0 amide bonds. The van der Waals surface area contributed by atoms with Crippen molar-refractivity contribution in [1.29, 1.82) is 0 Å². The molecule has 0 unspecified atom stereocenters. The molecule has 0 N–H and O–H groups in total. The topological polar surface area (TPSA) is 89.5 Å². The number of hydrogen-bond donors (Lipinski definition) is 0. The lowest BCUT2D eigenvalue weighted by atomic mass is 10.5. The Labute approximate surface area is 195 Å². The Morgan fingerprint density at radius 2 is 0.906 bits per heavy atom. The van der Waals surface area contributed by atoms with E-state index in [2.05, 4.69) is 26.2 Å². The first-order chi connectivity index (χ1) is 15.2. The van der Waals surface area contributed by atoms with Crippen molar-refractivity contribution in [3.8, 4) is 0 Å². The van der Waals surface area contributed by atoms with E-state index in [1.807, 2.05) is 13.8 Å². The molecule has 8 nitrogen and oxygen atoms in total. The zero-order valence-electron chi connectivity index (χ0n) is 20.8. The standard InChI is InChI=1S/C22H40O8Si2/c1-9-25-17(15-31(5)6)21(27-11-3)29-19(23)13-14-20(24)30-22(28-12-4)18(26-10-2)16-32(7)8/h13-14,31-32H,9-12,15-16H2,1-8H3/b14-13-,21-17+,22-18+. The van der Waals surface area contributed by atoms with Gasteiger partial charge < -0.3 is 28.4 Å². The Bertz CT molecular complexity index is 613. The Kier molecular flexibility index (Phi) is 16.2. The van der Waals surface area contributed by atoms with Gasteiger partial charge in [0.1, 0.15) is 0 Å². The maximum absolute atomic E-state index is 12.3. The molecule has 0 aliphatic carbocycles. The molecule has 0 aromatic carbocycles. The number of rotatable bonds is 16. The second-order valence-electron chi connectivity index (χ2n) is 7.52. The summed E-state index contributed by atoms with van der Waals surface area (Å²) in [6.45, 7) is 17.4. The highest BCUT2D eigenvalue weighted by Crippen LogP contribution is 2.19. The van der Waals surface area contributed by atoms with Crippen LogP contribution < -0.4 is 0 Å². The lowest BCUT2D eigenvalue weighted by Crippen LogP contribution is -2.14. The summed E-state index contributed by atoms with van der Waals surface area (Å²) in [6, 6.07) is 1.37. The molecule has 0 rings (SSSR count). The predicted octanol–water partition coefficient (Wildman–Crippen LogP) is 4.09. The van der Waals surface area contributed by atoms with E-state index in [1.165, 1.54) is 0 Å². The Morgan fingerprint density at radius 1 is 0.594 bits per heavy atom. The van der Waals surface area contributed by atoms with E-state index >= 15 is 0 Å². The molecule has 0 saturated heterocycles. The fraction of sp³-hybridized carbons (Fsp3) is 0.636. The summed E-state index contributed by atoms with van der Waals surface area (Å²) in [6.07, 6.45) is 1.97. The Hall–Kier alpha value is -2.21. The van der Waals surface area contributed by atoms with Crippen molar-refractivity contribution < 1.29 is 38.0 Å². The molecule has 0 aliphatic heterocycles. The molecule has 0 spiro atoms. The highest BCUT2D eigenvalue weighted by molar-refractivity contribution is 6.56. The van der Waals surface area contributed by atoms with Gasteiger partial charge in [0.2, 0.25) is 0 Å². The van der Waals surface area contributed by atoms with Crippen LogP contribution >= 0.6 is 0 Å². The van der Waals surface area contributed by atoms with Crippen molar-refractivity contribution in [1.82, 2.24) is 0 Å².